The quantitative estimate of drug-likeness (QED) is 0.428. The average Bonchev–Trinajstić information content (AvgIpc) is 3.41. The summed E-state index contributed by atoms with van der Waals surface area (Å²) in [5.74, 6) is 0.472. The van der Waals surface area contributed by atoms with Crippen LogP contribution in [0.3, 0.4) is 0 Å². The Bertz CT molecular complexity index is 729. The Kier molecular flexibility index (Phi) is 5.25. The van der Waals surface area contributed by atoms with Gasteiger partial charge in [0.1, 0.15) is 6.29 Å². The first-order chi connectivity index (χ1) is 12.3. The predicted molar refractivity (Wildman–Crippen MR) is 114 cm³/mol. The Morgan fingerprint density at radius 1 is 1.00 bits per heavy atom. The summed E-state index contributed by atoms with van der Waals surface area (Å²) in [5, 5.41) is 1.55. The molecular weight excluding hydrogens is 332 g/mol. The van der Waals surface area contributed by atoms with Gasteiger partial charge in [-0.25, -0.2) is 0 Å². The molecule has 2 heteroatoms. The zero-order chi connectivity index (χ0) is 18.8. The largest absolute Gasteiger partial charge is 0.303 e. The Labute approximate surface area is 159 Å². The molecule has 1 fully saturated rings. The molecule has 1 saturated carbocycles. The molecule has 1 atom stereocenters. The minimum absolute atomic E-state index is 0.269. The van der Waals surface area contributed by atoms with E-state index >= 15 is 0 Å². The Morgan fingerprint density at radius 2 is 1.54 bits per heavy atom. The van der Waals surface area contributed by atoms with Crippen molar-refractivity contribution < 1.29 is 4.79 Å². The van der Waals surface area contributed by atoms with Gasteiger partial charge in [-0.2, -0.15) is 0 Å². The highest BCUT2D eigenvalue weighted by molar-refractivity contribution is 6.89. The van der Waals surface area contributed by atoms with Gasteiger partial charge >= 0.3 is 0 Å². The van der Waals surface area contributed by atoms with E-state index in [4.69, 9.17) is 0 Å². The highest BCUT2D eigenvalue weighted by Crippen LogP contribution is 2.63. The predicted octanol–water partition coefficient (Wildman–Crippen LogP) is 5.78. The fourth-order valence-electron chi connectivity index (χ4n) is 4.63. The monoisotopic (exact) mass is 364 g/mol. The van der Waals surface area contributed by atoms with Crippen molar-refractivity contribution in [1.82, 2.24) is 0 Å². The Balaban J connectivity index is 1.92. The Morgan fingerprint density at radius 3 is 2.04 bits per heavy atom. The summed E-state index contributed by atoms with van der Waals surface area (Å²) in [5.41, 5.74) is 1.51. The lowest BCUT2D eigenvalue weighted by atomic mass is 9.73. The van der Waals surface area contributed by atoms with Crippen LogP contribution < -0.4 is 5.19 Å². The van der Waals surface area contributed by atoms with E-state index in [1.807, 2.05) is 0 Å². The molecule has 1 aliphatic carbocycles. The normalized spacial score (nSPS) is 17.5. The fourth-order valence-corrected chi connectivity index (χ4v) is 8.29. The van der Waals surface area contributed by atoms with Gasteiger partial charge in [0.2, 0.25) is 0 Å². The average molecular weight is 365 g/mol. The van der Waals surface area contributed by atoms with Gasteiger partial charge in [-0.15, -0.1) is 0 Å². The maximum Gasteiger partial charge on any atom is 0.125 e. The van der Waals surface area contributed by atoms with Crippen LogP contribution in [0.5, 0.6) is 0 Å². The molecule has 1 unspecified atom stereocenters. The summed E-state index contributed by atoms with van der Waals surface area (Å²) >= 11 is 0. The van der Waals surface area contributed by atoms with Crippen molar-refractivity contribution in [3.05, 3.63) is 66.2 Å². The molecule has 0 aromatic heterocycles. The van der Waals surface area contributed by atoms with Crippen molar-refractivity contribution in [2.45, 2.75) is 58.2 Å². The second kappa shape index (κ2) is 7.15. The van der Waals surface area contributed by atoms with Crippen LogP contribution >= 0.6 is 0 Å². The van der Waals surface area contributed by atoms with Crippen LogP contribution in [0.1, 0.15) is 44.6 Å². The molecule has 0 spiro atoms. The van der Waals surface area contributed by atoms with Crippen LogP contribution in [-0.2, 0) is 4.79 Å². The molecule has 0 bridgehead atoms. The molecule has 0 N–H and O–H groups in total. The first kappa shape index (κ1) is 19.1. The maximum absolute atomic E-state index is 11.7. The number of rotatable bonds is 8. The molecule has 0 amide bonds. The third-order valence-corrected chi connectivity index (χ3v) is 9.72. The molecule has 2 aromatic rings. The number of hydrogen-bond acceptors (Lipinski definition) is 1. The van der Waals surface area contributed by atoms with Gasteiger partial charge in [0.25, 0.3) is 0 Å². The Hall–Kier alpha value is -1.67. The van der Waals surface area contributed by atoms with Gasteiger partial charge in [-0.1, -0.05) is 92.8 Å². The molecule has 3 rings (SSSR count). The van der Waals surface area contributed by atoms with Crippen LogP contribution in [0.4, 0.5) is 0 Å². The second-order valence-corrected chi connectivity index (χ2v) is 14.3. The van der Waals surface area contributed by atoms with E-state index < -0.39 is 8.07 Å². The summed E-state index contributed by atoms with van der Waals surface area (Å²) in [4.78, 5) is 11.7. The van der Waals surface area contributed by atoms with Crippen molar-refractivity contribution in [2.24, 2.45) is 10.8 Å². The van der Waals surface area contributed by atoms with E-state index in [1.54, 1.807) is 5.19 Å². The van der Waals surface area contributed by atoms with E-state index in [2.05, 4.69) is 87.6 Å². The smallest absolute Gasteiger partial charge is 0.125 e. The number of hydrogen-bond donors (Lipinski definition) is 0. The number of benzene rings is 2. The molecule has 1 nitrogen and oxygen atoms in total. The highest BCUT2D eigenvalue weighted by Gasteiger charge is 2.53. The van der Waals surface area contributed by atoms with Gasteiger partial charge in [0.15, 0.2) is 0 Å². The second-order valence-electron chi connectivity index (χ2n) is 9.56. The highest BCUT2D eigenvalue weighted by atomic mass is 28.3. The summed E-state index contributed by atoms with van der Waals surface area (Å²) < 4.78 is 0. The van der Waals surface area contributed by atoms with Crippen LogP contribution in [0.25, 0.3) is 0 Å². The molecule has 0 radical (unpaired) electrons. The van der Waals surface area contributed by atoms with E-state index in [0.29, 0.717) is 11.3 Å². The number of aldehydes is 1. The van der Waals surface area contributed by atoms with Gasteiger partial charge in [0, 0.05) is 5.41 Å². The van der Waals surface area contributed by atoms with Crippen LogP contribution in [0, 0.1) is 10.8 Å². The molecular formula is C24H32OSi. The van der Waals surface area contributed by atoms with Crippen molar-refractivity contribution in [1.29, 1.82) is 0 Å². The number of carbonyl (C=O) groups is 1. The standard InChI is InChI=1S/C24H32OSi/c1-23(2,18-25)17-22(20-11-7-5-8-12-20)24(15-16-24)19-26(3,4)21-13-9-6-10-14-21/h5-14,18,22H,15-17,19H2,1-4H3. The molecule has 1 aliphatic rings. The minimum atomic E-state index is -1.52. The summed E-state index contributed by atoms with van der Waals surface area (Å²) in [6.45, 7) is 9.20. The first-order valence-corrected chi connectivity index (χ1v) is 13.1. The number of carbonyl (C=O) groups excluding carboxylic acids is 1. The van der Waals surface area contributed by atoms with Crippen molar-refractivity contribution >= 4 is 19.5 Å². The molecule has 0 aliphatic heterocycles. The van der Waals surface area contributed by atoms with Gasteiger partial charge < -0.3 is 4.79 Å². The minimum Gasteiger partial charge on any atom is -0.303 e. The van der Waals surface area contributed by atoms with E-state index in [0.717, 1.165) is 12.7 Å². The summed E-state index contributed by atoms with van der Waals surface area (Å²) in [6.07, 6.45) is 4.69. The van der Waals surface area contributed by atoms with Gasteiger partial charge in [0.05, 0.1) is 8.07 Å². The summed E-state index contributed by atoms with van der Waals surface area (Å²) in [7, 11) is -1.52. The summed E-state index contributed by atoms with van der Waals surface area (Å²) in [6, 6.07) is 23.3. The van der Waals surface area contributed by atoms with Crippen LogP contribution in [-0.4, -0.2) is 14.4 Å². The zero-order valence-electron chi connectivity index (χ0n) is 16.7. The van der Waals surface area contributed by atoms with Crippen molar-refractivity contribution in [2.75, 3.05) is 0 Å². The SMILES string of the molecule is CC(C)(C=O)CC(c1ccccc1)C1(C[Si](C)(C)c2ccccc2)CC1. The molecule has 26 heavy (non-hydrogen) atoms. The van der Waals surface area contributed by atoms with Crippen LogP contribution in [0.15, 0.2) is 60.7 Å². The zero-order valence-corrected chi connectivity index (χ0v) is 17.7. The topological polar surface area (TPSA) is 17.1 Å². The maximum atomic E-state index is 11.7. The molecule has 138 valence electrons. The lowest BCUT2D eigenvalue weighted by molar-refractivity contribution is -0.115. The van der Waals surface area contributed by atoms with E-state index in [-0.39, 0.29) is 5.41 Å². The van der Waals surface area contributed by atoms with Crippen molar-refractivity contribution in [3.63, 3.8) is 0 Å². The lowest BCUT2D eigenvalue weighted by Gasteiger charge is -2.37. The third-order valence-electron chi connectivity index (χ3n) is 6.23. The third kappa shape index (κ3) is 4.17. The van der Waals surface area contributed by atoms with Gasteiger partial charge in [-0.3, -0.25) is 0 Å². The fraction of sp³-hybridized carbons (Fsp3) is 0.458. The van der Waals surface area contributed by atoms with Crippen LogP contribution in [0.2, 0.25) is 19.1 Å². The molecule has 0 heterocycles. The van der Waals surface area contributed by atoms with E-state index in [9.17, 15) is 4.79 Å². The van der Waals surface area contributed by atoms with E-state index in [1.165, 1.54) is 24.4 Å². The van der Waals surface area contributed by atoms with Gasteiger partial charge in [-0.05, 0) is 42.2 Å². The van der Waals surface area contributed by atoms with Crippen molar-refractivity contribution in [3.8, 4) is 0 Å². The molecule has 2 aromatic carbocycles. The molecule has 0 saturated heterocycles. The lowest BCUT2D eigenvalue weighted by Crippen LogP contribution is -2.44. The first-order valence-electron chi connectivity index (χ1n) is 9.85.